The number of hydrogen-bond acceptors (Lipinski definition) is 3. The molecule has 0 saturated carbocycles. The molecular weight excluding hydrogens is 190 g/mol. The maximum absolute atomic E-state index is 7.12. The summed E-state index contributed by atoms with van der Waals surface area (Å²) in [6, 6.07) is 0.691. The van der Waals surface area contributed by atoms with E-state index in [-0.39, 0.29) is 0 Å². The van der Waals surface area contributed by atoms with Crippen molar-refractivity contribution in [2.45, 2.75) is 38.1 Å². The van der Waals surface area contributed by atoms with Gasteiger partial charge in [-0.1, -0.05) is 0 Å². The van der Waals surface area contributed by atoms with Crippen LogP contribution in [-0.2, 0) is 4.74 Å². The molecule has 0 aliphatic carbocycles. The summed E-state index contributed by atoms with van der Waals surface area (Å²) in [5.74, 6) is 0.309. The summed E-state index contributed by atoms with van der Waals surface area (Å²) in [5, 5.41) is 7.12. The summed E-state index contributed by atoms with van der Waals surface area (Å²) in [5.41, 5.74) is 5.31. The van der Waals surface area contributed by atoms with Crippen LogP contribution in [0.25, 0.3) is 0 Å². The van der Waals surface area contributed by atoms with Crippen LogP contribution in [0.1, 0.15) is 32.1 Å². The topological polar surface area (TPSA) is 62.3 Å². The zero-order chi connectivity index (χ0) is 11.1. The van der Waals surface area contributed by atoms with E-state index in [9.17, 15) is 0 Å². The molecule has 0 bridgehead atoms. The van der Waals surface area contributed by atoms with Crippen molar-refractivity contribution in [3.8, 4) is 0 Å². The van der Waals surface area contributed by atoms with Gasteiger partial charge in [0.05, 0.1) is 5.84 Å². The Morgan fingerprint density at radius 3 is 2.67 bits per heavy atom. The van der Waals surface area contributed by atoms with Crippen LogP contribution in [0.4, 0.5) is 0 Å². The third kappa shape index (κ3) is 5.14. The predicted molar refractivity (Wildman–Crippen MR) is 62.2 cm³/mol. The van der Waals surface area contributed by atoms with Crippen molar-refractivity contribution < 1.29 is 4.74 Å². The second kappa shape index (κ2) is 6.80. The quantitative estimate of drug-likeness (QED) is 0.396. The average Bonchev–Trinajstić information content (AvgIpc) is 2.25. The molecule has 1 aliphatic heterocycles. The average molecular weight is 213 g/mol. The molecule has 0 atom stereocenters. The zero-order valence-corrected chi connectivity index (χ0v) is 9.67. The molecular formula is C11H23N3O. The minimum Gasteiger partial charge on any atom is -0.388 e. The summed E-state index contributed by atoms with van der Waals surface area (Å²) < 4.78 is 5.34. The van der Waals surface area contributed by atoms with E-state index in [0.717, 1.165) is 51.9 Å². The second-order valence-corrected chi connectivity index (χ2v) is 4.31. The lowest BCUT2D eigenvalue weighted by molar-refractivity contribution is 0.0427. The van der Waals surface area contributed by atoms with Gasteiger partial charge in [-0.3, -0.25) is 5.41 Å². The molecule has 1 aliphatic rings. The highest BCUT2D eigenvalue weighted by molar-refractivity contribution is 5.76. The van der Waals surface area contributed by atoms with E-state index in [1.807, 2.05) is 0 Å². The molecule has 15 heavy (non-hydrogen) atoms. The molecule has 0 aromatic rings. The van der Waals surface area contributed by atoms with Crippen LogP contribution in [0.2, 0.25) is 0 Å². The van der Waals surface area contributed by atoms with Gasteiger partial charge in [-0.2, -0.15) is 0 Å². The Labute approximate surface area is 92.3 Å². The summed E-state index contributed by atoms with van der Waals surface area (Å²) >= 11 is 0. The monoisotopic (exact) mass is 213 g/mol. The molecule has 0 unspecified atom stereocenters. The molecule has 0 aromatic heterocycles. The first-order valence-corrected chi connectivity index (χ1v) is 5.81. The van der Waals surface area contributed by atoms with E-state index in [2.05, 4.69) is 11.9 Å². The van der Waals surface area contributed by atoms with Crippen molar-refractivity contribution in [2.24, 2.45) is 5.73 Å². The minimum atomic E-state index is 0.309. The molecule has 3 N–H and O–H groups in total. The SMILES string of the molecule is CN(CCCCC(=N)N)C1CCOCC1. The number of amidine groups is 1. The smallest absolute Gasteiger partial charge is 0.0905 e. The standard InChI is InChI=1S/C11H23N3O/c1-14(7-3-2-4-11(12)13)10-5-8-15-9-6-10/h10H,2-9H2,1H3,(H3,12,13). The third-order valence-corrected chi connectivity index (χ3v) is 3.02. The van der Waals surface area contributed by atoms with Crippen molar-refractivity contribution in [1.82, 2.24) is 4.90 Å². The van der Waals surface area contributed by atoms with Gasteiger partial charge in [0.1, 0.15) is 0 Å². The lowest BCUT2D eigenvalue weighted by Gasteiger charge is -2.31. The van der Waals surface area contributed by atoms with Crippen LogP contribution in [-0.4, -0.2) is 43.6 Å². The Hall–Kier alpha value is -0.610. The number of rotatable bonds is 6. The van der Waals surface area contributed by atoms with E-state index in [1.165, 1.54) is 0 Å². The Balaban J connectivity index is 2.06. The van der Waals surface area contributed by atoms with Crippen molar-refractivity contribution in [1.29, 1.82) is 5.41 Å². The fourth-order valence-corrected chi connectivity index (χ4v) is 1.99. The molecule has 0 aromatic carbocycles. The maximum atomic E-state index is 7.12. The number of hydrogen-bond donors (Lipinski definition) is 2. The van der Waals surface area contributed by atoms with E-state index in [0.29, 0.717) is 11.9 Å². The second-order valence-electron chi connectivity index (χ2n) is 4.31. The maximum Gasteiger partial charge on any atom is 0.0905 e. The summed E-state index contributed by atoms with van der Waals surface area (Å²) in [6.45, 7) is 2.92. The van der Waals surface area contributed by atoms with Crippen molar-refractivity contribution in [3.05, 3.63) is 0 Å². The third-order valence-electron chi connectivity index (χ3n) is 3.02. The molecule has 1 saturated heterocycles. The van der Waals surface area contributed by atoms with Gasteiger partial charge in [0.25, 0.3) is 0 Å². The van der Waals surface area contributed by atoms with Gasteiger partial charge in [0.2, 0.25) is 0 Å². The predicted octanol–water partition coefficient (Wildman–Crippen LogP) is 1.20. The van der Waals surface area contributed by atoms with E-state index in [1.54, 1.807) is 0 Å². The highest BCUT2D eigenvalue weighted by atomic mass is 16.5. The Morgan fingerprint density at radius 1 is 1.40 bits per heavy atom. The number of ether oxygens (including phenoxy) is 1. The van der Waals surface area contributed by atoms with Crippen LogP contribution in [0.3, 0.4) is 0 Å². The highest BCUT2D eigenvalue weighted by Gasteiger charge is 2.17. The molecule has 0 radical (unpaired) electrons. The van der Waals surface area contributed by atoms with Crippen molar-refractivity contribution in [2.75, 3.05) is 26.8 Å². The first-order valence-electron chi connectivity index (χ1n) is 5.81. The molecule has 4 nitrogen and oxygen atoms in total. The van der Waals surface area contributed by atoms with Crippen LogP contribution in [0, 0.1) is 5.41 Å². The molecule has 1 rings (SSSR count). The van der Waals surface area contributed by atoms with Gasteiger partial charge in [0.15, 0.2) is 0 Å². The lowest BCUT2D eigenvalue weighted by atomic mass is 10.1. The Morgan fingerprint density at radius 2 is 2.07 bits per heavy atom. The summed E-state index contributed by atoms with van der Waals surface area (Å²) in [7, 11) is 2.18. The molecule has 88 valence electrons. The van der Waals surface area contributed by atoms with Gasteiger partial charge in [-0.05, 0) is 39.3 Å². The van der Waals surface area contributed by atoms with E-state index in [4.69, 9.17) is 15.9 Å². The number of nitrogens with one attached hydrogen (secondary N) is 1. The highest BCUT2D eigenvalue weighted by Crippen LogP contribution is 2.13. The van der Waals surface area contributed by atoms with Crippen LogP contribution in [0.15, 0.2) is 0 Å². The van der Waals surface area contributed by atoms with Gasteiger partial charge < -0.3 is 15.4 Å². The zero-order valence-electron chi connectivity index (χ0n) is 9.67. The number of nitrogens with zero attached hydrogens (tertiary/aromatic N) is 1. The fraction of sp³-hybridized carbons (Fsp3) is 0.909. The molecule has 4 heteroatoms. The van der Waals surface area contributed by atoms with Crippen LogP contribution < -0.4 is 5.73 Å². The van der Waals surface area contributed by atoms with Gasteiger partial charge in [-0.15, -0.1) is 0 Å². The lowest BCUT2D eigenvalue weighted by Crippen LogP contribution is -2.37. The van der Waals surface area contributed by atoms with Crippen molar-refractivity contribution in [3.63, 3.8) is 0 Å². The van der Waals surface area contributed by atoms with Crippen LogP contribution in [0.5, 0.6) is 0 Å². The van der Waals surface area contributed by atoms with Crippen molar-refractivity contribution >= 4 is 5.84 Å². The van der Waals surface area contributed by atoms with E-state index < -0.39 is 0 Å². The number of nitrogens with two attached hydrogens (primary N) is 1. The van der Waals surface area contributed by atoms with Gasteiger partial charge in [-0.25, -0.2) is 0 Å². The summed E-state index contributed by atoms with van der Waals surface area (Å²) in [4.78, 5) is 2.42. The number of unbranched alkanes of at least 4 members (excludes halogenated alkanes) is 1. The molecule has 1 fully saturated rings. The van der Waals surface area contributed by atoms with E-state index >= 15 is 0 Å². The molecule has 0 spiro atoms. The minimum absolute atomic E-state index is 0.309. The van der Waals surface area contributed by atoms with Gasteiger partial charge in [0, 0.05) is 25.7 Å². The molecule has 1 heterocycles. The Bertz CT molecular complexity index is 190. The largest absolute Gasteiger partial charge is 0.388 e. The van der Waals surface area contributed by atoms with Crippen LogP contribution >= 0.6 is 0 Å². The molecule has 0 amide bonds. The summed E-state index contributed by atoms with van der Waals surface area (Å²) in [6.07, 6.45) is 5.21. The normalized spacial score (nSPS) is 18.3. The Kier molecular flexibility index (Phi) is 5.65. The first kappa shape index (κ1) is 12.5. The fourth-order valence-electron chi connectivity index (χ4n) is 1.99. The first-order chi connectivity index (χ1) is 7.20. The van der Waals surface area contributed by atoms with Gasteiger partial charge >= 0.3 is 0 Å².